The van der Waals surface area contributed by atoms with Crippen LogP contribution < -0.4 is 16.8 Å². The van der Waals surface area contributed by atoms with Crippen LogP contribution in [-0.2, 0) is 0 Å². The molecule has 1 aromatic heterocycles. The summed E-state index contributed by atoms with van der Waals surface area (Å²) in [6.07, 6.45) is 2.20. The van der Waals surface area contributed by atoms with Gasteiger partial charge in [-0.1, -0.05) is 26.7 Å². The summed E-state index contributed by atoms with van der Waals surface area (Å²) in [6, 6.07) is 0. The molecule has 0 saturated carbocycles. The number of amides is 1. The molecular weight excluding hydrogens is 224 g/mol. The van der Waals surface area contributed by atoms with Crippen LogP contribution in [-0.4, -0.2) is 16.8 Å². The van der Waals surface area contributed by atoms with Gasteiger partial charge >= 0.3 is 0 Å². The minimum atomic E-state index is -0.529. The third-order valence-electron chi connectivity index (χ3n) is 2.67. The monoisotopic (exact) mass is 242 g/mol. The van der Waals surface area contributed by atoms with Gasteiger partial charge in [-0.15, -0.1) is 0 Å². The molecule has 5 nitrogen and oxygen atoms in total. The lowest BCUT2D eigenvalue weighted by atomic mass is 10.0. The topological polar surface area (TPSA) is 94.0 Å². The molecule has 0 atom stereocenters. The van der Waals surface area contributed by atoms with Crippen molar-refractivity contribution in [1.29, 1.82) is 0 Å². The summed E-state index contributed by atoms with van der Waals surface area (Å²) in [5, 5.41) is 3.87. The maximum atomic E-state index is 11.2. The number of primary amides is 1. The molecule has 1 rings (SSSR count). The van der Waals surface area contributed by atoms with Gasteiger partial charge in [-0.25, -0.2) is 0 Å². The Morgan fingerprint density at radius 3 is 2.62 bits per heavy atom. The zero-order valence-corrected chi connectivity index (χ0v) is 10.4. The molecule has 16 heavy (non-hydrogen) atoms. The van der Waals surface area contributed by atoms with Crippen molar-refractivity contribution in [2.45, 2.75) is 26.7 Å². The Morgan fingerprint density at radius 2 is 2.12 bits per heavy atom. The molecule has 1 aromatic rings. The smallest absolute Gasteiger partial charge is 0.255 e. The quantitative estimate of drug-likeness (QED) is 0.707. The first kappa shape index (κ1) is 12.8. The molecule has 5 N–H and O–H groups in total. The predicted octanol–water partition coefficient (Wildman–Crippen LogP) is 1.67. The summed E-state index contributed by atoms with van der Waals surface area (Å²) in [5.41, 5.74) is 11.1. The fourth-order valence-corrected chi connectivity index (χ4v) is 2.20. The van der Waals surface area contributed by atoms with Crippen LogP contribution in [0.25, 0.3) is 0 Å². The van der Waals surface area contributed by atoms with Gasteiger partial charge < -0.3 is 16.8 Å². The zero-order chi connectivity index (χ0) is 12.1. The molecule has 90 valence electrons. The summed E-state index contributed by atoms with van der Waals surface area (Å²) < 4.78 is 3.92. The average Bonchev–Trinajstić information content (AvgIpc) is 2.61. The normalized spacial score (nSPS) is 10.7. The van der Waals surface area contributed by atoms with Gasteiger partial charge in [-0.3, -0.25) is 4.79 Å². The van der Waals surface area contributed by atoms with E-state index in [1.54, 1.807) is 0 Å². The van der Waals surface area contributed by atoms with Crippen LogP contribution >= 0.6 is 11.5 Å². The second-order valence-electron chi connectivity index (χ2n) is 3.70. The van der Waals surface area contributed by atoms with Crippen LogP contribution in [0.2, 0.25) is 0 Å². The van der Waals surface area contributed by atoms with Gasteiger partial charge in [-0.05, 0) is 17.5 Å². The summed E-state index contributed by atoms with van der Waals surface area (Å²) in [5.74, 6) is 0.270. The van der Waals surface area contributed by atoms with Crippen LogP contribution in [0.15, 0.2) is 0 Å². The molecule has 0 fully saturated rings. The number of nitrogens with zero attached hydrogens (tertiary/aromatic N) is 1. The van der Waals surface area contributed by atoms with Gasteiger partial charge in [0.15, 0.2) is 5.82 Å². The molecule has 0 aromatic carbocycles. The van der Waals surface area contributed by atoms with Crippen molar-refractivity contribution in [1.82, 2.24) is 4.37 Å². The Bertz CT molecular complexity index is 360. The number of hydrogen-bond acceptors (Lipinski definition) is 5. The number of rotatable bonds is 6. The number of nitrogens with one attached hydrogen (secondary N) is 1. The largest absolute Gasteiger partial charge is 0.382 e. The molecule has 0 bridgehead atoms. The van der Waals surface area contributed by atoms with Gasteiger partial charge in [0.2, 0.25) is 0 Å². The van der Waals surface area contributed by atoms with E-state index in [1.165, 1.54) is 11.5 Å². The lowest BCUT2D eigenvalue weighted by Crippen LogP contribution is -2.17. The third-order valence-corrected chi connectivity index (χ3v) is 3.49. The van der Waals surface area contributed by atoms with Crippen molar-refractivity contribution in [2.75, 3.05) is 17.6 Å². The van der Waals surface area contributed by atoms with Crippen molar-refractivity contribution in [2.24, 2.45) is 11.7 Å². The van der Waals surface area contributed by atoms with E-state index in [0.29, 0.717) is 16.5 Å². The Labute approximate surface area is 99.4 Å². The molecular formula is C10H18N4OS. The summed E-state index contributed by atoms with van der Waals surface area (Å²) in [7, 11) is 0. The number of anilines is 2. The van der Waals surface area contributed by atoms with Crippen molar-refractivity contribution < 1.29 is 4.79 Å². The molecule has 0 aliphatic rings. The first-order valence-electron chi connectivity index (χ1n) is 5.38. The van der Waals surface area contributed by atoms with Crippen molar-refractivity contribution >= 4 is 28.3 Å². The molecule has 0 spiro atoms. The summed E-state index contributed by atoms with van der Waals surface area (Å²) in [4.78, 5) is 11.2. The Hall–Kier alpha value is -1.30. The highest BCUT2D eigenvalue weighted by Crippen LogP contribution is 2.26. The third kappa shape index (κ3) is 2.85. The zero-order valence-electron chi connectivity index (χ0n) is 9.62. The molecule has 0 unspecified atom stereocenters. The van der Waals surface area contributed by atoms with E-state index in [2.05, 4.69) is 23.5 Å². The second kappa shape index (κ2) is 5.69. The van der Waals surface area contributed by atoms with Crippen molar-refractivity contribution in [3.05, 3.63) is 5.56 Å². The van der Waals surface area contributed by atoms with Gasteiger partial charge in [0.05, 0.1) is 0 Å². The van der Waals surface area contributed by atoms with Gasteiger partial charge in [-0.2, -0.15) is 4.37 Å². The molecule has 1 heterocycles. The number of carbonyl (C=O) groups is 1. The first-order valence-corrected chi connectivity index (χ1v) is 6.16. The predicted molar refractivity (Wildman–Crippen MR) is 67.6 cm³/mol. The Morgan fingerprint density at radius 1 is 1.50 bits per heavy atom. The van der Waals surface area contributed by atoms with E-state index in [1.807, 2.05) is 0 Å². The van der Waals surface area contributed by atoms with Gasteiger partial charge in [0.1, 0.15) is 10.6 Å². The SMILES string of the molecule is CCC(CC)CNc1snc(N)c1C(N)=O. The lowest BCUT2D eigenvalue weighted by Gasteiger charge is -2.13. The Kier molecular flexibility index (Phi) is 4.54. The number of nitrogen functional groups attached to an aromatic ring is 1. The van der Waals surface area contributed by atoms with E-state index >= 15 is 0 Å². The van der Waals surface area contributed by atoms with Crippen LogP contribution in [0.3, 0.4) is 0 Å². The van der Waals surface area contributed by atoms with Crippen LogP contribution in [0.4, 0.5) is 10.8 Å². The molecule has 0 aliphatic carbocycles. The summed E-state index contributed by atoms with van der Waals surface area (Å²) >= 11 is 1.18. The van der Waals surface area contributed by atoms with Crippen LogP contribution in [0.1, 0.15) is 37.0 Å². The second-order valence-corrected chi connectivity index (χ2v) is 4.47. The summed E-state index contributed by atoms with van der Waals surface area (Å²) in [6.45, 7) is 5.10. The Balaban J connectivity index is 2.70. The lowest BCUT2D eigenvalue weighted by molar-refractivity contribution is 0.100. The van der Waals surface area contributed by atoms with Crippen LogP contribution in [0.5, 0.6) is 0 Å². The maximum absolute atomic E-state index is 11.2. The highest BCUT2D eigenvalue weighted by molar-refractivity contribution is 7.11. The molecule has 0 aliphatic heterocycles. The van der Waals surface area contributed by atoms with E-state index < -0.39 is 5.91 Å². The highest BCUT2D eigenvalue weighted by Gasteiger charge is 2.16. The molecule has 6 heteroatoms. The minimum absolute atomic E-state index is 0.213. The molecule has 1 amide bonds. The van der Waals surface area contributed by atoms with Crippen molar-refractivity contribution in [3.8, 4) is 0 Å². The standard InChI is InChI=1S/C10H18N4OS/c1-3-6(4-2)5-13-10-7(9(12)15)8(11)14-16-10/h6,13H,3-5H2,1-2H3,(H2,11,14)(H2,12,15). The highest BCUT2D eigenvalue weighted by atomic mass is 32.1. The van der Waals surface area contributed by atoms with E-state index in [4.69, 9.17) is 11.5 Å². The fourth-order valence-electron chi connectivity index (χ4n) is 1.48. The fraction of sp³-hybridized carbons (Fsp3) is 0.600. The number of aromatic nitrogens is 1. The minimum Gasteiger partial charge on any atom is -0.382 e. The number of carbonyl (C=O) groups excluding carboxylic acids is 1. The maximum Gasteiger partial charge on any atom is 0.255 e. The first-order chi connectivity index (χ1) is 7.60. The number of hydrogen-bond donors (Lipinski definition) is 3. The van der Waals surface area contributed by atoms with E-state index in [0.717, 1.165) is 19.4 Å². The molecule has 0 saturated heterocycles. The van der Waals surface area contributed by atoms with Crippen molar-refractivity contribution in [3.63, 3.8) is 0 Å². The van der Waals surface area contributed by atoms with E-state index in [9.17, 15) is 4.79 Å². The number of nitrogens with two attached hydrogens (primary N) is 2. The average molecular weight is 242 g/mol. The van der Waals surface area contributed by atoms with Crippen LogP contribution in [0, 0.1) is 5.92 Å². The van der Waals surface area contributed by atoms with Gasteiger partial charge in [0.25, 0.3) is 5.91 Å². The molecule has 0 radical (unpaired) electrons. The van der Waals surface area contributed by atoms with Gasteiger partial charge in [0, 0.05) is 6.54 Å². The van der Waals surface area contributed by atoms with E-state index in [-0.39, 0.29) is 5.82 Å².